The maximum Gasteiger partial charge on any atom is 0.386 e. The first kappa shape index (κ1) is 16.2. The summed E-state index contributed by atoms with van der Waals surface area (Å²) in [6, 6.07) is 4.83. The van der Waals surface area contributed by atoms with Crippen molar-refractivity contribution >= 4 is 23.9 Å². The fourth-order valence-electron chi connectivity index (χ4n) is 1.31. The first-order valence-electron chi connectivity index (χ1n) is 5.87. The van der Waals surface area contributed by atoms with Gasteiger partial charge in [-0.25, -0.2) is 24.2 Å². The molecule has 0 atom stereocenters. The number of carbonyl (C=O) groups excluding carboxylic acids is 2. The molecule has 0 saturated heterocycles. The summed E-state index contributed by atoms with van der Waals surface area (Å²) in [6.45, 7) is 0. The zero-order valence-electron chi connectivity index (χ0n) is 10.8. The molecule has 0 aliphatic heterocycles. The molecule has 0 heterocycles. The molecular formula is C13H12O8. The van der Waals surface area contributed by atoms with E-state index in [-0.39, 0.29) is 30.4 Å². The van der Waals surface area contributed by atoms with Gasteiger partial charge in [0.05, 0.1) is 17.5 Å². The summed E-state index contributed by atoms with van der Waals surface area (Å²) in [4.78, 5) is 51.9. The van der Waals surface area contributed by atoms with Gasteiger partial charge in [0, 0.05) is 6.42 Å². The quantitative estimate of drug-likeness (QED) is 0.593. The first-order chi connectivity index (χ1) is 9.90. The number of rotatable bonds is 6. The van der Waals surface area contributed by atoms with Crippen LogP contribution in [0.4, 0.5) is 0 Å². The van der Waals surface area contributed by atoms with Crippen molar-refractivity contribution < 1.29 is 39.2 Å². The number of benzene rings is 1. The molecule has 0 unspecified atom stereocenters. The monoisotopic (exact) mass is 296 g/mol. The van der Waals surface area contributed by atoms with Crippen LogP contribution in [0, 0.1) is 0 Å². The average Bonchev–Trinajstić information content (AvgIpc) is 2.44. The largest absolute Gasteiger partial charge is 0.481 e. The lowest BCUT2D eigenvalue weighted by Crippen LogP contribution is -2.12. The third-order valence-electron chi connectivity index (χ3n) is 2.35. The van der Waals surface area contributed by atoms with Crippen molar-refractivity contribution in [3.8, 4) is 0 Å². The van der Waals surface area contributed by atoms with E-state index in [9.17, 15) is 19.2 Å². The van der Waals surface area contributed by atoms with Crippen LogP contribution in [0.15, 0.2) is 24.3 Å². The van der Waals surface area contributed by atoms with Crippen LogP contribution in [0.25, 0.3) is 0 Å². The average molecular weight is 296 g/mol. The van der Waals surface area contributed by atoms with Crippen LogP contribution >= 0.6 is 0 Å². The highest BCUT2D eigenvalue weighted by molar-refractivity contribution is 5.92. The number of carbonyl (C=O) groups is 4. The molecule has 1 rings (SSSR count). The van der Waals surface area contributed by atoms with Crippen molar-refractivity contribution in [1.82, 2.24) is 0 Å². The lowest BCUT2D eigenvalue weighted by atomic mass is 10.1. The first-order valence-corrected chi connectivity index (χ1v) is 5.87. The van der Waals surface area contributed by atoms with Gasteiger partial charge in [0.1, 0.15) is 0 Å². The van der Waals surface area contributed by atoms with Crippen LogP contribution in [0.3, 0.4) is 0 Å². The highest BCUT2D eigenvalue weighted by Gasteiger charge is 2.13. The fourth-order valence-corrected chi connectivity index (χ4v) is 1.31. The van der Waals surface area contributed by atoms with E-state index < -0.39 is 23.9 Å². The number of hydrogen-bond acceptors (Lipinski definition) is 6. The van der Waals surface area contributed by atoms with E-state index in [0.717, 1.165) is 0 Å². The van der Waals surface area contributed by atoms with Crippen molar-refractivity contribution in [2.75, 3.05) is 0 Å². The number of hydrogen-bond donors (Lipinski definition) is 2. The molecule has 0 fully saturated rings. The second kappa shape index (κ2) is 7.63. The van der Waals surface area contributed by atoms with E-state index >= 15 is 0 Å². The molecule has 0 amide bonds. The summed E-state index contributed by atoms with van der Waals surface area (Å²) < 4.78 is 0. The molecular weight excluding hydrogens is 284 g/mol. The maximum atomic E-state index is 11.5. The molecule has 2 N–H and O–H groups in total. The van der Waals surface area contributed by atoms with Crippen LogP contribution in [-0.4, -0.2) is 34.1 Å². The Hall–Kier alpha value is -2.90. The molecule has 8 heteroatoms. The molecule has 112 valence electrons. The van der Waals surface area contributed by atoms with Crippen LogP contribution in [0.2, 0.25) is 0 Å². The fraction of sp³-hybridized carbons (Fsp3) is 0.231. The molecule has 0 saturated carbocycles. The highest BCUT2D eigenvalue weighted by atomic mass is 17.2. The third kappa shape index (κ3) is 5.72. The normalized spacial score (nSPS) is 9.71. The Kier molecular flexibility index (Phi) is 5.87. The van der Waals surface area contributed by atoms with Crippen molar-refractivity contribution in [2.24, 2.45) is 0 Å². The summed E-state index contributed by atoms with van der Waals surface area (Å²) in [7, 11) is 0. The Balaban J connectivity index is 2.41. The Morgan fingerprint density at radius 3 is 1.95 bits per heavy atom. The van der Waals surface area contributed by atoms with Gasteiger partial charge in [0.25, 0.3) is 0 Å². The van der Waals surface area contributed by atoms with Gasteiger partial charge in [0.2, 0.25) is 0 Å². The lowest BCUT2D eigenvalue weighted by molar-refractivity contribution is -0.234. The smallest absolute Gasteiger partial charge is 0.386 e. The Bertz CT molecular complexity index is 546. The minimum Gasteiger partial charge on any atom is -0.481 e. The Morgan fingerprint density at radius 2 is 1.43 bits per heavy atom. The summed E-state index contributed by atoms with van der Waals surface area (Å²) in [6.07, 6.45) is -0.323. The number of carboxylic acid groups (broad SMARTS) is 2. The van der Waals surface area contributed by atoms with Crippen LogP contribution in [0.1, 0.15) is 40.0 Å². The molecule has 0 bridgehead atoms. The van der Waals surface area contributed by atoms with E-state index in [4.69, 9.17) is 10.2 Å². The van der Waals surface area contributed by atoms with E-state index in [1.54, 1.807) is 0 Å². The van der Waals surface area contributed by atoms with Gasteiger partial charge >= 0.3 is 23.9 Å². The standard InChI is InChI=1S/C13H12O8/c14-10(15)2-1-3-11(16)20-21-13(19)9-6-4-8(5-7-9)12(17)18/h4-7H,1-3H2,(H,14,15)(H,17,18). The molecule has 8 nitrogen and oxygen atoms in total. The number of aliphatic carboxylic acids is 1. The van der Waals surface area contributed by atoms with E-state index in [2.05, 4.69) is 9.78 Å². The van der Waals surface area contributed by atoms with Crippen molar-refractivity contribution in [3.05, 3.63) is 35.4 Å². The lowest BCUT2D eigenvalue weighted by Gasteiger charge is -2.03. The summed E-state index contributed by atoms with van der Waals surface area (Å²) in [5, 5.41) is 17.1. The van der Waals surface area contributed by atoms with E-state index in [1.807, 2.05) is 0 Å². The maximum absolute atomic E-state index is 11.5. The Morgan fingerprint density at radius 1 is 0.857 bits per heavy atom. The summed E-state index contributed by atoms with van der Waals surface area (Å²) >= 11 is 0. The predicted molar refractivity (Wildman–Crippen MR) is 66.4 cm³/mol. The van der Waals surface area contributed by atoms with E-state index in [0.29, 0.717) is 0 Å². The van der Waals surface area contributed by atoms with E-state index in [1.165, 1.54) is 24.3 Å². The molecule has 0 spiro atoms. The van der Waals surface area contributed by atoms with Gasteiger partial charge in [-0.3, -0.25) is 4.79 Å². The minimum atomic E-state index is -1.14. The zero-order valence-corrected chi connectivity index (χ0v) is 10.8. The second-order valence-electron chi connectivity index (χ2n) is 3.96. The minimum absolute atomic E-state index is 0.00258. The molecule has 21 heavy (non-hydrogen) atoms. The van der Waals surface area contributed by atoms with Crippen molar-refractivity contribution in [2.45, 2.75) is 19.3 Å². The topological polar surface area (TPSA) is 127 Å². The second-order valence-corrected chi connectivity index (χ2v) is 3.96. The van der Waals surface area contributed by atoms with Gasteiger partial charge in [-0.05, 0) is 30.7 Å². The molecule has 0 aliphatic rings. The van der Waals surface area contributed by atoms with Gasteiger partial charge in [-0.2, -0.15) is 0 Å². The predicted octanol–water partition coefficient (Wildman–Crippen LogP) is 1.25. The van der Waals surface area contributed by atoms with Crippen LogP contribution in [0.5, 0.6) is 0 Å². The van der Waals surface area contributed by atoms with Crippen LogP contribution in [-0.2, 0) is 19.4 Å². The molecule has 0 radical (unpaired) electrons. The SMILES string of the molecule is O=C(O)CCCC(=O)OOC(=O)c1ccc(C(=O)O)cc1. The van der Waals surface area contributed by atoms with Crippen molar-refractivity contribution in [3.63, 3.8) is 0 Å². The van der Waals surface area contributed by atoms with Gasteiger partial charge < -0.3 is 10.2 Å². The number of aromatic carboxylic acids is 1. The molecule has 0 aliphatic carbocycles. The Labute approximate surface area is 118 Å². The molecule has 0 aromatic heterocycles. The third-order valence-corrected chi connectivity index (χ3v) is 2.35. The van der Waals surface area contributed by atoms with Crippen molar-refractivity contribution in [1.29, 1.82) is 0 Å². The molecule has 1 aromatic carbocycles. The molecule has 1 aromatic rings. The van der Waals surface area contributed by atoms with Crippen LogP contribution < -0.4 is 0 Å². The highest BCUT2D eigenvalue weighted by Crippen LogP contribution is 2.07. The van der Waals surface area contributed by atoms with Gasteiger partial charge in [0.15, 0.2) is 0 Å². The zero-order chi connectivity index (χ0) is 15.8. The summed E-state index contributed by atoms with van der Waals surface area (Å²) in [5.41, 5.74) is 0.00977. The van der Waals surface area contributed by atoms with Gasteiger partial charge in [-0.1, -0.05) is 0 Å². The van der Waals surface area contributed by atoms with Gasteiger partial charge in [-0.15, -0.1) is 0 Å². The summed E-state index contributed by atoms with van der Waals surface area (Å²) in [5.74, 6) is -4.01. The number of carboxylic acids is 2.